The van der Waals surface area contributed by atoms with Crippen LogP contribution in [0.5, 0.6) is 0 Å². The molecule has 0 saturated heterocycles. The third-order valence-corrected chi connectivity index (χ3v) is 3.37. The average Bonchev–Trinajstić information content (AvgIpc) is 2.23. The molecule has 16 heavy (non-hydrogen) atoms. The van der Waals surface area contributed by atoms with E-state index in [4.69, 9.17) is 11.6 Å². The summed E-state index contributed by atoms with van der Waals surface area (Å²) in [7, 11) is 0. The second kappa shape index (κ2) is 4.83. The first-order valence-corrected chi connectivity index (χ1v) is 5.55. The smallest absolute Gasteiger partial charge is 0.314 e. The first kappa shape index (κ1) is 13.0. The fraction of sp³-hybridized carbons (Fsp3) is 0.417. The van der Waals surface area contributed by atoms with Crippen molar-refractivity contribution in [1.82, 2.24) is 0 Å². The zero-order valence-corrected chi connectivity index (χ0v) is 10.0. The lowest BCUT2D eigenvalue weighted by molar-refractivity contribution is -0.144. The molecule has 0 fully saturated rings. The summed E-state index contributed by atoms with van der Waals surface area (Å²) in [5, 5.41) is 9.47. The number of rotatable bonds is 4. The largest absolute Gasteiger partial charge is 0.481 e. The van der Waals surface area contributed by atoms with Gasteiger partial charge in [-0.15, -0.1) is 0 Å². The topological polar surface area (TPSA) is 37.3 Å². The number of benzene rings is 1. The van der Waals surface area contributed by atoms with Crippen LogP contribution < -0.4 is 0 Å². The minimum atomic E-state index is -1.23. The number of carbonyl (C=O) groups is 1. The Morgan fingerprint density at radius 3 is 2.38 bits per heavy atom. The van der Waals surface area contributed by atoms with Crippen LogP contribution >= 0.6 is 11.6 Å². The van der Waals surface area contributed by atoms with Crippen molar-refractivity contribution in [2.45, 2.75) is 32.1 Å². The molecular weight excluding hydrogens is 231 g/mol. The van der Waals surface area contributed by atoms with Gasteiger partial charge in [-0.1, -0.05) is 31.5 Å². The molecule has 0 amide bonds. The first-order valence-electron chi connectivity index (χ1n) is 5.17. The average molecular weight is 245 g/mol. The highest BCUT2D eigenvalue weighted by Crippen LogP contribution is 2.38. The van der Waals surface area contributed by atoms with E-state index in [1.54, 1.807) is 13.8 Å². The SMILES string of the molecule is CCC(CC)(C(=O)O)c1c(F)cccc1Cl. The van der Waals surface area contributed by atoms with Crippen molar-refractivity contribution in [2.75, 3.05) is 0 Å². The summed E-state index contributed by atoms with van der Waals surface area (Å²) in [6.45, 7) is 3.45. The standard InChI is InChI=1S/C12H14ClFO2/c1-3-12(4-2,11(15)16)10-8(13)6-5-7-9(10)14/h5-7H,3-4H2,1-2H3,(H,15,16). The van der Waals surface area contributed by atoms with Crippen LogP contribution in [0, 0.1) is 5.82 Å². The van der Waals surface area contributed by atoms with E-state index in [2.05, 4.69) is 0 Å². The summed E-state index contributed by atoms with van der Waals surface area (Å²) in [4.78, 5) is 11.4. The van der Waals surface area contributed by atoms with Gasteiger partial charge in [-0.3, -0.25) is 4.79 Å². The van der Waals surface area contributed by atoms with Gasteiger partial charge in [0.1, 0.15) is 5.82 Å². The molecule has 1 rings (SSSR count). The van der Waals surface area contributed by atoms with E-state index in [1.807, 2.05) is 0 Å². The minimum Gasteiger partial charge on any atom is -0.481 e. The maximum absolute atomic E-state index is 13.7. The molecule has 0 aromatic heterocycles. The van der Waals surface area contributed by atoms with Crippen LogP contribution in [0.3, 0.4) is 0 Å². The van der Waals surface area contributed by atoms with Crippen LogP contribution in [0.1, 0.15) is 32.3 Å². The van der Waals surface area contributed by atoms with Crippen LogP contribution in [0.15, 0.2) is 18.2 Å². The number of aliphatic carboxylic acids is 1. The van der Waals surface area contributed by atoms with E-state index in [1.165, 1.54) is 18.2 Å². The van der Waals surface area contributed by atoms with Gasteiger partial charge in [0.05, 0.1) is 5.41 Å². The number of hydrogen-bond donors (Lipinski definition) is 1. The first-order chi connectivity index (χ1) is 7.49. The summed E-state index contributed by atoms with van der Waals surface area (Å²) < 4.78 is 13.7. The van der Waals surface area contributed by atoms with Crippen LogP contribution in [-0.2, 0) is 10.2 Å². The Kier molecular flexibility index (Phi) is 3.92. The van der Waals surface area contributed by atoms with E-state index in [0.29, 0.717) is 12.8 Å². The molecule has 0 bridgehead atoms. The van der Waals surface area contributed by atoms with Crippen LogP contribution in [0.4, 0.5) is 4.39 Å². The van der Waals surface area contributed by atoms with Gasteiger partial charge in [-0.05, 0) is 25.0 Å². The van der Waals surface area contributed by atoms with Crippen molar-refractivity contribution in [3.05, 3.63) is 34.6 Å². The quantitative estimate of drug-likeness (QED) is 0.878. The molecule has 88 valence electrons. The Balaban J connectivity index is 3.48. The molecule has 0 heterocycles. The summed E-state index contributed by atoms with van der Waals surface area (Å²) in [5.74, 6) is -1.59. The monoisotopic (exact) mass is 244 g/mol. The molecule has 1 aromatic carbocycles. The number of halogens is 2. The summed E-state index contributed by atoms with van der Waals surface area (Å²) >= 11 is 5.91. The molecule has 0 unspecified atom stereocenters. The van der Waals surface area contributed by atoms with Gasteiger partial charge in [0.25, 0.3) is 0 Å². The normalized spacial score (nSPS) is 11.5. The van der Waals surface area contributed by atoms with Crippen LogP contribution in [0.25, 0.3) is 0 Å². The Morgan fingerprint density at radius 1 is 1.44 bits per heavy atom. The predicted octanol–water partition coefficient (Wildman–Crippen LogP) is 3.62. The second-order valence-corrected chi connectivity index (χ2v) is 4.10. The molecule has 0 spiro atoms. The van der Waals surface area contributed by atoms with E-state index < -0.39 is 17.2 Å². The fourth-order valence-corrected chi connectivity index (χ4v) is 2.31. The van der Waals surface area contributed by atoms with Crippen molar-refractivity contribution in [2.24, 2.45) is 0 Å². The highest BCUT2D eigenvalue weighted by Gasteiger charge is 2.40. The van der Waals surface area contributed by atoms with Gasteiger partial charge >= 0.3 is 5.97 Å². The minimum absolute atomic E-state index is 0.0918. The molecule has 1 N–H and O–H groups in total. The van der Waals surface area contributed by atoms with E-state index in [0.717, 1.165) is 0 Å². The summed E-state index contributed by atoms with van der Waals surface area (Å²) in [6.07, 6.45) is 0.610. The lowest BCUT2D eigenvalue weighted by Gasteiger charge is -2.28. The van der Waals surface area contributed by atoms with E-state index in [9.17, 15) is 14.3 Å². The lowest BCUT2D eigenvalue weighted by Crippen LogP contribution is -2.35. The van der Waals surface area contributed by atoms with Gasteiger partial charge < -0.3 is 5.11 Å². The highest BCUT2D eigenvalue weighted by atomic mass is 35.5. The molecule has 0 aliphatic rings. The molecular formula is C12H14ClFO2. The molecule has 0 aliphatic heterocycles. The van der Waals surface area contributed by atoms with Gasteiger partial charge in [-0.25, -0.2) is 4.39 Å². The molecule has 0 atom stereocenters. The van der Waals surface area contributed by atoms with Crippen molar-refractivity contribution >= 4 is 17.6 Å². The van der Waals surface area contributed by atoms with Gasteiger partial charge in [-0.2, -0.15) is 0 Å². The Morgan fingerprint density at radius 2 is 2.00 bits per heavy atom. The molecule has 0 radical (unpaired) electrons. The fourth-order valence-electron chi connectivity index (χ4n) is 1.97. The maximum atomic E-state index is 13.7. The Bertz CT molecular complexity index is 380. The highest BCUT2D eigenvalue weighted by molar-refractivity contribution is 6.31. The molecule has 2 nitrogen and oxygen atoms in total. The molecule has 1 aromatic rings. The number of carboxylic acids is 1. The number of carboxylic acid groups (broad SMARTS) is 1. The zero-order valence-electron chi connectivity index (χ0n) is 9.26. The molecule has 0 aliphatic carbocycles. The van der Waals surface area contributed by atoms with Gasteiger partial charge in [0, 0.05) is 10.6 Å². The number of hydrogen-bond acceptors (Lipinski definition) is 1. The third kappa shape index (κ3) is 1.92. The Hall–Kier alpha value is -1.09. The lowest BCUT2D eigenvalue weighted by atomic mass is 9.75. The molecule has 0 saturated carbocycles. The Labute approximate surface area is 99.0 Å². The van der Waals surface area contributed by atoms with Gasteiger partial charge in [0.15, 0.2) is 0 Å². The summed E-state index contributed by atoms with van der Waals surface area (Å²) in [6, 6.07) is 4.23. The summed E-state index contributed by atoms with van der Waals surface area (Å²) in [5.41, 5.74) is -1.14. The third-order valence-electron chi connectivity index (χ3n) is 3.06. The van der Waals surface area contributed by atoms with Crippen LogP contribution in [0.2, 0.25) is 5.02 Å². The van der Waals surface area contributed by atoms with Crippen molar-refractivity contribution in [3.63, 3.8) is 0 Å². The van der Waals surface area contributed by atoms with Crippen LogP contribution in [-0.4, -0.2) is 11.1 Å². The van der Waals surface area contributed by atoms with Crippen molar-refractivity contribution < 1.29 is 14.3 Å². The second-order valence-electron chi connectivity index (χ2n) is 3.69. The van der Waals surface area contributed by atoms with Gasteiger partial charge in [0.2, 0.25) is 0 Å². The zero-order chi connectivity index (χ0) is 12.3. The van der Waals surface area contributed by atoms with E-state index in [-0.39, 0.29) is 10.6 Å². The van der Waals surface area contributed by atoms with E-state index >= 15 is 0 Å². The molecule has 4 heteroatoms. The van der Waals surface area contributed by atoms with Crippen molar-refractivity contribution in [3.8, 4) is 0 Å². The predicted molar refractivity (Wildman–Crippen MR) is 61.3 cm³/mol. The maximum Gasteiger partial charge on any atom is 0.314 e. The van der Waals surface area contributed by atoms with Crippen molar-refractivity contribution in [1.29, 1.82) is 0 Å².